The summed E-state index contributed by atoms with van der Waals surface area (Å²) in [4.78, 5) is 14.6. The SMILES string of the molecule is C=C(C)[C@@H]1CCC(C)=C[C@H]1c1c(O)c(Br)c2c(c1O)[C@H](CCO)CCN2C(=O)C(C)C. The molecule has 5 nitrogen and oxygen atoms in total. The molecule has 1 aliphatic carbocycles. The van der Waals surface area contributed by atoms with Gasteiger partial charge in [-0.1, -0.05) is 37.6 Å². The number of carbonyl (C=O) groups excluding carboxylic acids is 1. The van der Waals surface area contributed by atoms with Crippen molar-refractivity contribution >= 4 is 27.5 Å². The Morgan fingerprint density at radius 2 is 1.94 bits per heavy atom. The average molecular weight is 492 g/mol. The fourth-order valence-electron chi connectivity index (χ4n) is 5.11. The zero-order chi connectivity index (χ0) is 23.0. The van der Waals surface area contributed by atoms with Crippen molar-refractivity contribution in [3.05, 3.63) is 39.4 Å². The van der Waals surface area contributed by atoms with Crippen LogP contribution in [0.4, 0.5) is 5.69 Å². The maximum absolute atomic E-state index is 12.9. The number of phenolic OH excluding ortho intramolecular Hbond substituents is 2. The van der Waals surface area contributed by atoms with Crippen LogP contribution in [0.25, 0.3) is 0 Å². The molecule has 0 aromatic heterocycles. The van der Waals surface area contributed by atoms with Gasteiger partial charge in [0.25, 0.3) is 0 Å². The van der Waals surface area contributed by atoms with Crippen molar-refractivity contribution in [3.63, 3.8) is 0 Å². The molecule has 1 aromatic rings. The minimum absolute atomic E-state index is 0.00761. The monoisotopic (exact) mass is 491 g/mol. The highest BCUT2D eigenvalue weighted by molar-refractivity contribution is 9.10. The molecule has 0 unspecified atom stereocenters. The fourth-order valence-corrected chi connectivity index (χ4v) is 5.75. The Hall–Kier alpha value is -1.79. The third-order valence-corrected chi connectivity index (χ3v) is 7.52. The maximum atomic E-state index is 12.9. The number of anilines is 1. The highest BCUT2D eigenvalue weighted by Gasteiger charge is 2.39. The lowest BCUT2D eigenvalue weighted by Gasteiger charge is -2.39. The van der Waals surface area contributed by atoms with Crippen LogP contribution in [0, 0.1) is 11.8 Å². The van der Waals surface area contributed by atoms with Crippen molar-refractivity contribution in [3.8, 4) is 11.5 Å². The number of phenols is 2. The van der Waals surface area contributed by atoms with Crippen molar-refractivity contribution in [1.29, 1.82) is 0 Å². The normalized spacial score (nSPS) is 23.5. The lowest BCUT2D eigenvalue weighted by molar-refractivity contribution is -0.121. The Labute approximate surface area is 193 Å². The summed E-state index contributed by atoms with van der Waals surface area (Å²) in [5.41, 5.74) is 3.90. The molecule has 6 heteroatoms. The molecule has 3 atom stereocenters. The number of hydrogen-bond acceptors (Lipinski definition) is 4. The van der Waals surface area contributed by atoms with Crippen molar-refractivity contribution in [2.24, 2.45) is 11.8 Å². The summed E-state index contributed by atoms with van der Waals surface area (Å²) in [6.07, 6.45) is 5.14. The largest absolute Gasteiger partial charge is 0.507 e. The number of halogens is 1. The number of aromatic hydroxyl groups is 2. The Kier molecular flexibility index (Phi) is 7.21. The highest BCUT2D eigenvalue weighted by Crippen LogP contribution is 2.56. The first-order chi connectivity index (χ1) is 14.6. The first-order valence-electron chi connectivity index (χ1n) is 11.1. The van der Waals surface area contributed by atoms with Crippen LogP contribution in [0.3, 0.4) is 0 Å². The molecule has 1 amide bonds. The van der Waals surface area contributed by atoms with Gasteiger partial charge in [-0.05, 0) is 67.3 Å². The number of benzene rings is 1. The lowest BCUT2D eigenvalue weighted by Crippen LogP contribution is -2.39. The van der Waals surface area contributed by atoms with E-state index in [1.807, 2.05) is 20.8 Å². The van der Waals surface area contributed by atoms with Gasteiger partial charge in [0.2, 0.25) is 5.91 Å². The smallest absolute Gasteiger partial charge is 0.229 e. The Balaban J connectivity index is 2.28. The van der Waals surface area contributed by atoms with E-state index in [1.165, 1.54) is 5.57 Å². The molecule has 0 saturated heterocycles. The molecule has 1 aliphatic heterocycles. The third-order valence-electron chi connectivity index (χ3n) is 6.77. The predicted molar refractivity (Wildman–Crippen MR) is 128 cm³/mol. The summed E-state index contributed by atoms with van der Waals surface area (Å²) in [7, 11) is 0. The first kappa shape index (κ1) is 23.9. The van der Waals surface area contributed by atoms with Crippen molar-refractivity contribution < 1.29 is 20.1 Å². The van der Waals surface area contributed by atoms with Crippen molar-refractivity contribution in [2.75, 3.05) is 18.1 Å². The van der Waals surface area contributed by atoms with Gasteiger partial charge in [0, 0.05) is 36.1 Å². The number of nitrogens with zero attached hydrogens (tertiary/aromatic N) is 1. The molecule has 170 valence electrons. The van der Waals surface area contributed by atoms with E-state index < -0.39 is 0 Å². The standard InChI is InChI=1S/C25H34BrNO4/c1-13(2)17-7-6-15(5)12-18(17)20-23(29)19-16(9-11-28)8-10-27(25(31)14(3)4)22(19)21(26)24(20)30/h12,14,16-18,28-30H,1,6-11H2,2-5H3/t16-,17-,18+/m0/s1. The van der Waals surface area contributed by atoms with E-state index in [0.717, 1.165) is 18.4 Å². The van der Waals surface area contributed by atoms with E-state index in [4.69, 9.17) is 0 Å². The molecule has 3 rings (SSSR count). The number of allylic oxidation sites excluding steroid dienone is 3. The third kappa shape index (κ3) is 4.29. The average Bonchev–Trinajstić information content (AvgIpc) is 2.71. The molecule has 0 bridgehead atoms. The van der Waals surface area contributed by atoms with Crippen LogP contribution >= 0.6 is 15.9 Å². The number of hydrogen-bond donors (Lipinski definition) is 3. The molecule has 3 N–H and O–H groups in total. The summed E-state index contributed by atoms with van der Waals surface area (Å²) in [6, 6.07) is 0. The minimum atomic E-state index is -0.213. The molecule has 2 aliphatic rings. The van der Waals surface area contributed by atoms with Crippen LogP contribution in [-0.2, 0) is 4.79 Å². The number of aliphatic hydroxyl groups is 1. The molecule has 0 spiro atoms. The lowest BCUT2D eigenvalue weighted by atomic mass is 9.72. The number of rotatable bonds is 5. The second-order valence-electron chi connectivity index (χ2n) is 9.36. The van der Waals surface area contributed by atoms with Gasteiger partial charge in [0.05, 0.1) is 10.2 Å². The van der Waals surface area contributed by atoms with E-state index in [2.05, 4.69) is 35.5 Å². The first-order valence-corrected chi connectivity index (χ1v) is 11.9. The number of aliphatic hydroxyl groups excluding tert-OH is 1. The highest BCUT2D eigenvalue weighted by atomic mass is 79.9. The predicted octanol–water partition coefficient (Wildman–Crippen LogP) is 5.74. The van der Waals surface area contributed by atoms with E-state index in [-0.39, 0.29) is 47.7 Å². The van der Waals surface area contributed by atoms with E-state index in [9.17, 15) is 20.1 Å². The number of fused-ring (bicyclic) bond motifs is 1. The van der Waals surface area contributed by atoms with Gasteiger partial charge in [-0.2, -0.15) is 0 Å². The van der Waals surface area contributed by atoms with Crippen LogP contribution in [0.15, 0.2) is 28.3 Å². The van der Waals surface area contributed by atoms with E-state index in [1.54, 1.807) is 4.90 Å². The second-order valence-corrected chi connectivity index (χ2v) is 10.2. The van der Waals surface area contributed by atoms with Gasteiger partial charge in [-0.15, -0.1) is 0 Å². The molecule has 0 radical (unpaired) electrons. The second kappa shape index (κ2) is 9.37. The van der Waals surface area contributed by atoms with Crippen LogP contribution in [-0.4, -0.2) is 34.4 Å². The van der Waals surface area contributed by atoms with Gasteiger partial charge in [0.15, 0.2) is 0 Å². The zero-order valence-corrected chi connectivity index (χ0v) is 20.5. The Morgan fingerprint density at radius 3 is 2.52 bits per heavy atom. The van der Waals surface area contributed by atoms with E-state index in [0.29, 0.717) is 40.7 Å². The summed E-state index contributed by atoms with van der Waals surface area (Å²) in [5.74, 6) is -0.428. The van der Waals surface area contributed by atoms with Gasteiger partial charge < -0.3 is 20.2 Å². The fraction of sp³-hybridized carbons (Fsp3) is 0.560. The molecule has 0 saturated carbocycles. The van der Waals surface area contributed by atoms with Crippen molar-refractivity contribution in [1.82, 2.24) is 0 Å². The molecule has 1 aromatic carbocycles. The zero-order valence-electron chi connectivity index (χ0n) is 18.9. The van der Waals surface area contributed by atoms with Gasteiger partial charge in [-0.3, -0.25) is 4.79 Å². The minimum Gasteiger partial charge on any atom is -0.507 e. The number of carbonyl (C=O) groups is 1. The molecule has 31 heavy (non-hydrogen) atoms. The summed E-state index contributed by atoms with van der Waals surface area (Å²) in [5, 5.41) is 32.5. The summed E-state index contributed by atoms with van der Waals surface area (Å²) in [6.45, 7) is 12.4. The molecule has 0 fully saturated rings. The Morgan fingerprint density at radius 1 is 1.26 bits per heavy atom. The molecular weight excluding hydrogens is 458 g/mol. The quantitative estimate of drug-likeness (QED) is 0.459. The van der Waals surface area contributed by atoms with Crippen LogP contribution in [0.5, 0.6) is 11.5 Å². The molecule has 1 heterocycles. The van der Waals surface area contributed by atoms with Gasteiger partial charge in [-0.25, -0.2) is 0 Å². The van der Waals surface area contributed by atoms with Gasteiger partial charge in [0.1, 0.15) is 11.5 Å². The topological polar surface area (TPSA) is 81.0 Å². The van der Waals surface area contributed by atoms with Crippen LogP contribution in [0.2, 0.25) is 0 Å². The molecular formula is C25H34BrNO4. The van der Waals surface area contributed by atoms with Gasteiger partial charge >= 0.3 is 0 Å². The van der Waals surface area contributed by atoms with E-state index >= 15 is 0 Å². The Bertz CT molecular complexity index is 921. The summed E-state index contributed by atoms with van der Waals surface area (Å²) >= 11 is 3.57. The van der Waals surface area contributed by atoms with Crippen LogP contribution < -0.4 is 4.90 Å². The number of amides is 1. The van der Waals surface area contributed by atoms with Crippen LogP contribution in [0.1, 0.15) is 76.3 Å². The summed E-state index contributed by atoms with van der Waals surface area (Å²) < 4.78 is 0.434. The maximum Gasteiger partial charge on any atom is 0.229 e. The van der Waals surface area contributed by atoms with Crippen molar-refractivity contribution in [2.45, 2.75) is 65.2 Å².